The number of unbranched alkanes of at least 4 members (excludes halogenated alkanes) is 1. The summed E-state index contributed by atoms with van der Waals surface area (Å²) in [6, 6.07) is 7.85. The van der Waals surface area contributed by atoms with Crippen molar-refractivity contribution in [3.63, 3.8) is 0 Å². The van der Waals surface area contributed by atoms with Crippen LogP contribution in [-0.4, -0.2) is 41.6 Å². The molecule has 1 fully saturated rings. The van der Waals surface area contributed by atoms with Gasteiger partial charge in [0.05, 0.1) is 11.6 Å². The van der Waals surface area contributed by atoms with Gasteiger partial charge in [-0.25, -0.2) is 4.98 Å². The molecule has 1 unspecified atom stereocenters. The number of Topliss-reactive ketones (excluding diaryl/α,β-unsaturated/α-hetero) is 1. The maximum Gasteiger partial charge on any atom is 0.162 e. The average Bonchev–Trinajstić information content (AvgIpc) is 3.21. The molecule has 0 amide bonds. The topological polar surface area (TPSA) is 55.3 Å². The van der Waals surface area contributed by atoms with Gasteiger partial charge in [-0.3, -0.25) is 9.78 Å². The summed E-state index contributed by atoms with van der Waals surface area (Å²) in [5, 5.41) is 3.22. The monoisotopic (exact) mass is 377 g/mol. The van der Waals surface area contributed by atoms with Gasteiger partial charge in [0, 0.05) is 60.2 Å². The van der Waals surface area contributed by atoms with E-state index >= 15 is 0 Å². The molecular formula is C23H27N3O2. The molecule has 146 valence electrons. The molecule has 0 saturated carbocycles. The number of anilines is 1. The highest BCUT2D eigenvalue weighted by atomic mass is 16.5. The van der Waals surface area contributed by atoms with Crippen LogP contribution in [0.25, 0.3) is 21.7 Å². The van der Waals surface area contributed by atoms with Gasteiger partial charge >= 0.3 is 0 Å². The third kappa shape index (κ3) is 3.59. The second-order valence-electron chi connectivity index (χ2n) is 7.45. The Hall–Kier alpha value is -2.53. The second kappa shape index (κ2) is 8.23. The predicted octanol–water partition coefficient (Wildman–Crippen LogP) is 4.77. The minimum atomic E-state index is 0.141. The highest BCUT2D eigenvalue weighted by Gasteiger charge is 2.26. The van der Waals surface area contributed by atoms with Crippen molar-refractivity contribution in [3.8, 4) is 0 Å². The Labute approximate surface area is 165 Å². The zero-order valence-electron chi connectivity index (χ0n) is 16.6. The zero-order chi connectivity index (χ0) is 19.5. The first-order valence-electron chi connectivity index (χ1n) is 10.3. The molecule has 1 atom stereocenters. The summed E-state index contributed by atoms with van der Waals surface area (Å²) in [6.45, 7) is 6.68. The third-order valence-corrected chi connectivity index (χ3v) is 5.52. The molecule has 1 saturated heterocycles. The molecule has 0 radical (unpaired) electrons. The van der Waals surface area contributed by atoms with Gasteiger partial charge < -0.3 is 9.64 Å². The van der Waals surface area contributed by atoms with Crippen LogP contribution in [-0.2, 0) is 4.74 Å². The summed E-state index contributed by atoms with van der Waals surface area (Å²) < 4.78 is 6.03. The number of hydrogen-bond acceptors (Lipinski definition) is 5. The molecule has 0 aliphatic carbocycles. The number of fused-ring (bicyclic) bond motifs is 3. The van der Waals surface area contributed by atoms with Gasteiger partial charge in [-0.05, 0) is 25.0 Å². The van der Waals surface area contributed by atoms with Crippen molar-refractivity contribution in [2.45, 2.75) is 45.6 Å². The van der Waals surface area contributed by atoms with E-state index in [0.717, 1.165) is 72.0 Å². The number of benzene rings is 1. The van der Waals surface area contributed by atoms with Crippen LogP contribution in [0.5, 0.6) is 0 Å². The van der Waals surface area contributed by atoms with Gasteiger partial charge in [0.25, 0.3) is 0 Å². The Morgan fingerprint density at radius 2 is 2.11 bits per heavy atom. The van der Waals surface area contributed by atoms with Crippen LogP contribution in [0.4, 0.5) is 5.82 Å². The number of rotatable bonds is 7. The van der Waals surface area contributed by atoms with E-state index in [4.69, 9.17) is 9.72 Å². The van der Waals surface area contributed by atoms with Crippen molar-refractivity contribution in [2.24, 2.45) is 0 Å². The van der Waals surface area contributed by atoms with E-state index < -0.39 is 0 Å². The number of aromatic nitrogens is 2. The van der Waals surface area contributed by atoms with Crippen LogP contribution in [0.15, 0.2) is 36.7 Å². The molecule has 28 heavy (non-hydrogen) atoms. The lowest BCUT2D eigenvalue weighted by molar-refractivity contribution is 0.0662. The molecule has 5 nitrogen and oxygen atoms in total. The minimum Gasteiger partial charge on any atom is -0.376 e. The van der Waals surface area contributed by atoms with Gasteiger partial charge in [-0.15, -0.1) is 0 Å². The number of carbonyl (C=O) groups excluding carboxylic acids is 1. The number of hydrogen-bond donors (Lipinski definition) is 0. The Bertz CT molecular complexity index is 1000. The molecule has 3 aromatic rings. The van der Waals surface area contributed by atoms with Gasteiger partial charge in [-0.2, -0.15) is 0 Å². The maximum absolute atomic E-state index is 12.2. The second-order valence-corrected chi connectivity index (χ2v) is 7.45. The molecule has 1 aliphatic heterocycles. The fourth-order valence-corrected chi connectivity index (χ4v) is 3.90. The largest absolute Gasteiger partial charge is 0.376 e. The van der Waals surface area contributed by atoms with Gasteiger partial charge in [0.2, 0.25) is 0 Å². The highest BCUT2D eigenvalue weighted by molar-refractivity contribution is 6.11. The van der Waals surface area contributed by atoms with Crippen LogP contribution >= 0.6 is 0 Å². The summed E-state index contributed by atoms with van der Waals surface area (Å²) in [4.78, 5) is 23.8. The van der Waals surface area contributed by atoms with E-state index in [1.807, 2.05) is 43.6 Å². The third-order valence-electron chi connectivity index (χ3n) is 5.52. The first kappa shape index (κ1) is 18.8. The van der Waals surface area contributed by atoms with E-state index in [1.54, 1.807) is 0 Å². The number of ketones is 1. The molecule has 0 spiro atoms. The van der Waals surface area contributed by atoms with Gasteiger partial charge in [0.1, 0.15) is 5.82 Å². The fraction of sp³-hybridized carbons (Fsp3) is 0.435. The van der Waals surface area contributed by atoms with Crippen molar-refractivity contribution in [2.75, 3.05) is 24.6 Å². The van der Waals surface area contributed by atoms with Crippen LogP contribution < -0.4 is 4.90 Å². The Morgan fingerprint density at radius 1 is 1.21 bits per heavy atom. The Morgan fingerprint density at radius 3 is 2.93 bits per heavy atom. The van der Waals surface area contributed by atoms with E-state index in [0.29, 0.717) is 6.42 Å². The molecule has 0 bridgehead atoms. The lowest BCUT2D eigenvalue weighted by Gasteiger charge is -2.20. The summed E-state index contributed by atoms with van der Waals surface area (Å²) in [7, 11) is 0. The molecule has 2 aromatic heterocycles. The van der Waals surface area contributed by atoms with Crippen LogP contribution in [0, 0.1) is 0 Å². The standard InChI is InChI=1S/C23H27N3O2/c1-3-5-12-28-17-9-11-26(15-17)23-19-8-10-24-14-20(19)18-7-6-16(22(27)4-2)13-21(18)25-23/h6-8,10,13-14,17H,3-5,9,11-12,15H2,1-2H3. The smallest absolute Gasteiger partial charge is 0.162 e. The van der Waals surface area contributed by atoms with Crippen molar-refractivity contribution in [3.05, 3.63) is 42.2 Å². The number of nitrogens with zero attached hydrogens (tertiary/aromatic N) is 3. The fourth-order valence-electron chi connectivity index (χ4n) is 3.90. The summed E-state index contributed by atoms with van der Waals surface area (Å²) in [5.74, 6) is 1.11. The lowest BCUT2D eigenvalue weighted by atomic mass is 10.0. The molecule has 1 aromatic carbocycles. The van der Waals surface area contributed by atoms with Crippen molar-refractivity contribution >= 4 is 33.3 Å². The average molecular weight is 377 g/mol. The van der Waals surface area contributed by atoms with E-state index in [2.05, 4.69) is 16.8 Å². The molecule has 1 aliphatic rings. The maximum atomic E-state index is 12.2. The summed E-state index contributed by atoms with van der Waals surface area (Å²) >= 11 is 0. The quantitative estimate of drug-likeness (QED) is 0.337. The van der Waals surface area contributed by atoms with Crippen LogP contribution in [0.3, 0.4) is 0 Å². The highest BCUT2D eigenvalue weighted by Crippen LogP contribution is 2.33. The normalized spacial score (nSPS) is 16.9. The van der Waals surface area contributed by atoms with E-state index in [9.17, 15) is 4.79 Å². The van der Waals surface area contributed by atoms with E-state index in [1.165, 1.54) is 0 Å². The SMILES string of the molecule is CCCCOC1CCN(c2nc3cc(C(=O)CC)ccc3c3cnccc23)C1. The number of pyridine rings is 2. The van der Waals surface area contributed by atoms with Gasteiger partial charge in [-0.1, -0.05) is 32.4 Å². The first-order chi connectivity index (χ1) is 13.7. The van der Waals surface area contributed by atoms with Crippen LogP contribution in [0.2, 0.25) is 0 Å². The van der Waals surface area contributed by atoms with E-state index in [-0.39, 0.29) is 11.9 Å². The minimum absolute atomic E-state index is 0.141. The zero-order valence-corrected chi connectivity index (χ0v) is 16.6. The van der Waals surface area contributed by atoms with Crippen molar-refractivity contribution in [1.29, 1.82) is 0 Å². The number of carbonyl (C=O) groups is 1. The van der Waals surface area contributed by atoms with Crippen LogP contribution in [0.1, 0.15) is 49.9 Å². The predicted molar refractivity (Wildman–Crippen MR) is 113 cm³/mol. The molecule has 3 heterocycles. The Kier molecular flexibility index (Phi) is 5.53. The summed E-state index contributed by atoms with van der Waals surface area (Å²) in [5.41, 5.74) is 1.57. The molecule has 4 rings (SSSR count). The lowest BCUT2D eigenvalue weighted by Crippen LogP contribution is -2.24. The Balaban J connectivity index is 1.73. The van der Waals surface area contributed by atoms with Gasteiger partial charge in [0.15, 0.2) is 5.78 Å². The van der Waals surface area contributed by atoms with Crippen molar-refractivity contribution in [1.82, 2.24) is 9.97 Å². The summed E-state index contributed by atoms with van der Waals surface area (Å²) in [6.07, 6.45) is 7.75. The first-order valence-corrected chi connectivity index (χ1v) is 10.3. The molecular weight excluding hydrogens is 350 g/mol. The van der Waals surface area contributed by atoms with Crippen molar-refractivity contribution < 1.29 is 9.53 Å². The molecule has 5 heteroatoms. The number of ether oxygens (including phenoxy) is 1. The molecule has 0 N–H and O–H groups in total.